The van der Waals surface area contributed by atoms with E-state index >= 15 is 0 Å². The molecule has 6 heteroatoms. The maximum Gasteiger partial charge on any atom is 0.252 e. The average Bonchev–Trinajstić information content (AvgIpc) is 3.16. The number of hydrogen-bond acceptors (Lipinski definition) is 5. The van der Waals surface area contributed by atoms with E-state index in [-0.39, 0.29) is 11.6 Å². The first kappa shape index (κ1) is 16.7. The Morgan fingerprint density at radius 3 is 2.77 bits per heavy atom. The van der Waals surface area contributed by atoms with E-state index in [1.54, 1.807) is 12.3 Å². The predicted molar refractivity (Wildman–Crippen MR) is 102 cm³/mol. The molecule has 0 radical (unpaired) electrons. The van der Waals surface area contributed by atoms with Gasteiger partial charge in [0.25, 0.3) is 5.56 Å². The first-order valence-corrected chi connectivity index (χ1v) is 9.13. The fourth-order valence-corrected chi connectivity index (χ4v) is 3.77. The molecule has 4 rings (SSSR count). The molecule has 1 aliphatic carbocycles. The maximum absolute atomic E-state index is 12.7. The number of pyridine rings is 2. The quantitative estimate of drug-likeness (QED) is 0.723. The molecule has 3 aromatic rings. The lowest BCUT2D eigenvalue weighted by Crippen LogP contribution is -2.26. The number of aromatic nitrogens is 4. The number of nitrogens with zero attached hydrogens (tertiary/aromatic N) is 5. The Morgan fingerprint density at radius 2 is 2.04 bits per heavy atom. The molecule has 0 spiro atoms. The molecule has 134 valence electrons. The van der Waals surface area contributed by atoms with Gasteiger partial charge < -0.3 is 4.90 Å². The second-order valence-corrected chi connectivity index (χ2v) is 7.06. The molecular weight excluding hydrogens is 326 g/mol. The number of hydrogen-bond donors (Lipinski definition) is 0. The highest BCUT2D eigenvalue weighted by Gasteiger charge is 2.22. The van der Waals surface area contributed by atoms with Gasteiger partial charge in [0, 0.05) is 36.9 Å². The Hall–Kier alpha value is -2.76. The van der Waals surface area contributed by atoms with Gasteiger partial charge in [-0.2, -0.15) is 4.98 Å². The van der Waals surface area contributed by atoms with E-state index in [2.05, 4.69) is 9.97 Å². The molecule has 0 bridgehead atoms. The van der Waals surface area contributed by atoms with Gasteiger partial charge in [0.1, 0.15) is 5.65 Å². The third kappa shape index (κ3) is 3.07. The van der Waals surface area contributed by atoms with Gasteiger partial charge >= 0.3 is 0 Å². The number of aryl methyl sites for hydroxylation is 1. The summed E-state index contributed by atoms with van der Waals surface area (Å²) < 4.78 is 1.88. The fraction of sp³-hybridized carbons (Fsp3) is 0.400. The molecule has 0 aromatic carbocycles. The highest BCUT2D eigenvalue weighted by Crippen LogP contribution is 2.31. The SMILES string of the molecule is Cc1cc(=O)n(C2CCCC2)c2nc(N(C)Cc3ccccn3)ncc12. The zero-order valence-electron chi connectivity index (χ0n) is 15.2. The lowest BCUT2D eigenvalue weighted by Gasteiger charge is -2.20. The summed E-state index contributed by atoms with van der Waals surface area (Å²) in [4.78, 5) is 28.3. The Balaban J connectivity index is 1.77. The minimum atomic E-state index is 0.0407. The third-order valence-corrected chi connectivity index (χ3v) is 5.14. The summed E-state index contributed by atoms with van der Waals surface area (Å²) in [5, 5.41) is 0.950. The smallest absolute Gasteiger partial charge is 0.252 e. The van der Waals surface area contributed by atoms with E-state index in [9.17, 15) is 4.79 Å². The average molecular weight is 349 g/mol. The van der Waals surface area contributed by atoms with Crippen LogP contribution < -0.4 is 10.5 Å². The Kier molecular flexibility index (Phi) is 4.41. The summed E-state index contributed by atoms with van der Waals surface area (Å²) in [6.45, 7) is 2.56. The van der Waals surface area contributed by atoms with Crippen LogP contribution in [-0.2, 0) is 6.54 Å². The fourth-order valence-electron chi connectivity index (χ4n) is 3.77. The van der Waals surface area contributed by atoms with E-state index in [0.717, 1.165) is 35.1 Å². The summed E-state index contributed by atoms with van der Waals surface area (Å²) in [6, 6.07) is 7.81. The summed E-state index contributed by atoms with van der Waals surface area (Å²) in [7, 11) is 1.95. The molecular formula is C20H23N5O. The van der Waals surface area contributed by atoms with Gasteiger partial charge in [-0.25, -0.2) is 4.98 Å². The van der Waals surface area contributed by atoms with Crippen molar-refractivity contribution >= 4 is 17.0 Å². The topological polar surface area (TPSA) is 63.9 Å². The molecule has 3 heterocycles. The molecule has 0 atom stereocenters. The van der Waals surface area contributed by atoms with Crippen LogP contribution in [0.5, 0.6) is 0 Å². The second kappa shape index (κ2) is 6.86. The highest BCUT2D eigenvalue weighted by atomic mass is 16.1. The maximum atomic E-state index is 12.7. The lowest BCUT2D eigenvalue weighted by molar-refractivity contribution is 0.515. The highest BCUT2D eigenvalue weighted by molar-refractivity contribution is 5.79. The van der Waals surface area contributed by atoms with E-state index in [0.29, 0.717) is 12.5 Å². The Morgan fingerprint density at radius 1 is 1.23 bits per heavy atom. The molecule has 1 saturated carbocycles. The molecule has 1 fully saturated rings. The molecule has 0 unspecified atom stereocenters. The second-order valence-electron chi connectivity index (χ2n) is 7.06. The van der Waals surface area contributed by atoms with Crippen molar-refractivity contribution in [1.29, 1.82) is 0 Å². The van der Waals surface area contributed by atoms with Crippen molar-refractivity contribution in [2.75, 3.05) is 11.9 Å². The van der Waals surface area contributed by atoms with Gasteiger partial charge in [-0.05, 0) is 37.5 Å². The van der Waals surface area contributed by atoms with Gasteiger partial charge in [0.2, 0.25) is 5.95 Å². The Labute approximate surface area is 152 Å². The van der Waals surface area contributed by atoms with Gasteiger partial charge in [0.05, 0.1) is 12.2 Å². The van der Waals surface area contributed by atoms with Crippen LogP contribution in [0.1, 0.15) is 43.0 Å². The normalized spacial score (nSPS) is 14.8. The van der Waals surface area contributed by atoms with Gasteiger partial charge in [-0.1, -0.05) is 18.9 Å². The molecule has 6 nitrogen and oxygen atoms in total. The molecule has 0 N–H and O–H groups in total. The first-order valence-electron chi connectivity index (χ1n) is 9.13. The number of fused-ring (bicyclic) bond motifs is 1. The third-order valence-electron chi connectivity index (χ3n) is 5.14. The van der Waals surface area contributed by atoms with Crippen LogP contribution in [0.2, 0.25) is 0 Å². The van der Waals surface area contributed by atoms with Crippen LogP contribution in [0.15, 0.2) is 41.5 Å². The molecule has 0 saturated heterocycles. The van der Waals surface area contributed by atoms with Crippen LogP contribution in [0.3, 0.4) is 0 Å². The standard InChI is InChI=1S/C20H23N5O/c1-14-11-18(26)25(16-8-3-4-9-16)19-17(14)12-22-20(23-19)24(2)13-15-7-5-6-10-21-15/h5-7,10-12,16H,3-4,8-9,13H2,1-2H3. The largest absolute Gasteiger partial charge is 0.338 e. The van der Waals surface area contributed by atoms with Crippen molar-refractivity contribution in [2.45, 2.75) is 45.2 Å². The van der Waals surface area contributed by atoms with Crippen molar-refractivity contribution in [3.63, 3.8) is 0 Å². The van der Waals surface area contributed by atoms with Gasteiger partial charge in [0.15, 0.2) is 0 Å². The molecule has 3 aromatic heterocycles. The molecule has 0 amide bonds. The van der Waals surface area contributed by atoms with E-state index in [1.807, 2.05) is 47.8 Å². The first-order chi connectivity index (χ1) is 12.6. The molecule has 0 aliphatic heterocycles. The minimum Gasteiger partial charge on any atom is -0.338 e. The summed E-state index contributed by atoms with van der Waals surface area (Å²) in [5.41, 5.74) is 2.67. The lowest BCUT2D eigenvalue weighted by atomic mass is 10.1. The Bertz CT molecular complexity index is 977. The van der Waals surface area contributed by atoms with E-state index < -0.39 is 0 Å². The van der Waals surface area contributed by atoms with Crippen molar-refractivity contribution in [3.8, 4) is 0 Å². The van der Waals surface area contributed by atoms with E-state index in [1.165, 1.54) is 12.8 Å². The van der Waals surface area contributed by atoms with Crippen LogP contribution in [0.25, 0.3) is 11.0 Å². The summed E-state index contributed by atoms with van der Waals surface area (Å²) in [5.74, 6) is 0.611. The zero-order valence-corrected chi connectivity index (χ0v) is 15.2. The van der Waals surface area contributed by atoms with Crippen LogP contribution >= 0.6 is 0 Å². The predicted octanol–water partition coefficient (Wildman–Crippen LogP) is 3.25. The summed E-state index contributed by atoms with van der Waals surface area (Å²) >= 11 is 0. The summed E-state index contributed by atoms with van der Waals surface area (Å²) in [6.07, 6.45) is 8.05. The van der Waals surface area contributed by atoms with Crippen molar-refractivity contribution in [2.24, 2.45) is 0 Å². The van der Waals surface area contributed by atoms with Crippen molar-refractivity contribution in [3.05, 3.63) is 58.3 Å². The zero-order chi connectivity index (χ0) is 18.1. The molecule has 1 aliphatic rings. The van der Waals surface area contributed by atoms with Crippen molar-refractivity contribution < 1.29 is 0 Å². The monoisotopic (exact) mass is 349 g/mol. The van der Waals surface area contributed by atoms with Crippen LogP contribution in [-0.4, -0.2) is 26.6 Å². The van der Waals surface area contributed by atoms with Crippen molar-refractivity contribution in [1.82, 2.24) is 19.5 Å². The molecule has 26 heavy (non-hydrogen) atoms. The van der Waals surface area contributed by atoms with Gasteiger partial charge in [-0.3, -0.25) is 14.3 Å². The van der Waals surface area contributed by atoms with Crippen LogP contribution in [0.4, 0.5) is 5.95 Å². The number of anilines is 1. The minimum absolute atomic E-state index is 0.0407. The van der Waals surface area contributed by atoms with Crippen LogP contribution in [0, 0.1) is 6.92 Å². The van der Waals surface area contributed by atoms with E-state index in [4.69, 9.17) is 4.98 Å². The van der Waals surface area contributed by atoms with Gasteiger partial charge in [-0.15, -0.1) is 0 Å². The number of rotatable bonds is 4.